The maximum absolute atomic E-state index is 2.51. The molecule has 0 N–H and O–H groups in total. The number of allylic oxidation sites excluding steroid dienone is 4. The zero-order valence-electron chi connectivity index (χ0n) is 13.7. The molecule has 2 aliphatic rings. The normalized spacial score (nSPS) is 32.1. The molecule has 0 aromatic carbocycles. The van der Waals surface area contributed by atoms with Crippen LogP contribution in [-0.4, -0.2) is 0 Å². The molecule has 0 aliphatic heterocycles. The van der Waals surface area contributed by atoms with Crippen LogP contribution >= 0.6 is 0 Å². The van der Waals surface area contributed by atoms with Crippen LogP contribution in [0, 0.1) is 17.8 Å². The first kappa shape index (κ1) is 15.9. The topological polar surface area (TPSA) is 0 Å². The van der Waals surface area contributed by atoms with Crippen molar-refractivity contribution in [2.45, 2.75) is 84.5 Å². The first-order chi connectivity index (χ1) is 9.83. The SMILES string of the molecule is CCCCC1CC(C)C2CCCCCCCC=CC=C12. The molecule has 1 saturated carbocycles. The van der Waals surface area contributed by atoms with Gasteiger partial charge in [0.25, 0.3) is 0 Å². The largest absolute Gasteiger partial charge is 0.0845 e. The second kappa shape index (κ2) is 8.70. The lowest BCUT2D eigenvalue weighted by Crippen LogP contribution is -2.07. The Balaban J connectivity index is 2.07. The fourth-order valence-electron chi connectivity index (χ4n) is 4.26. The maximum Gasteiger partial charge on any atom is -0.0171 e. The molecule has 1 fully saturated rings. The molecule has 0 heteroatoms. The highest BCUT2D eigenvalue weighted by Crippen LogP contribution is 2.45. The van der Waals surface area contributed by atoms with Crippen molar-refractivity contribution < 1.29 is 0 Å². The predicted molar refractivity (Wildman–Crippen MR) is 89.8 cm³/mol. The molecule has 3 unspecified atom stereocenters. The Morgan fingerprint density at radius 1 is 1.10 bits per heavy atom. The molecular formula is C20H34. The van der Waals surface area contributed by atoms with Gasteiger partial charge in [0.1, 0.15) is 0 Å². The summed E-state index contributed by atoms with van der Waals surface area (Å²) in [5, 5.41) is 0. The molecule has 0 saturated heterocycles. The second-order valence-electron chi connectivity index (χ2n) is 7.10. The summed E-state index contributed by atoms with van der Waals surface area (Å²) in [6, 6.07) is 0. The Morgan fingerprint density at radius 3 is 2.75 bits per heavy atom. The summed E-state index contributed by atoms with van der Waals surface area (Å²) >= 11 is 0. The van der Waals surface area contributed by atoms with Gasteiger partial charge in [0.2, 0.25) is 0 Å². The van der Waals surface area contributed by atoms with Crippen molar-refractivity contribution in [2.24, 2.45) is 17.8 Å². The van der Waals surface area contributed by atoms with Crippen molar-refractivity contribution in [3.63, 3.8) is 0 Å². The number of rotatable bonds is 3. The highest BCUT2D eigenvalue weighted by atomic mass is 14.4. The molecule has 0 bridgehead atoms. The van der Waals surface area contributed by atoms with Crippen molar-refractivity contribution in [1.82, 2.24) is 0 Å². The standard InChI is InChI=1S/C20H34/c1-3-4-13-18-16-17(2)19-14-11-9-7-5-6-8-10-12-15-20(18)19/h10,12,15,17-19H,3-9,11,13-14,16H2,1-2H3. The van der Waals surface area contributed by atoms with Gasteiger partial charge in [-0.25, -0.2) is 0 Å². The average molecular weight is 274 g/mol. The van der Waals surface area contributed by atoms with Crippen molar-refractivity contribution in [2.75, 3.05) is 0 Å². The smallest absolute Gasteiger partial charge is 0.0171 e. The molecule has 0 nitrogen and oxygen atoms in total. The van der Waals surface area contributed by atoms with E-state index < -0.39 is 0 Å². The van der Waals surface area contributed by atoms with Crippen molar-refractivity contribution >= 4 is 0 Å². The summed E-state index contributed by atoms with van der Waals surface area (Å²) in [7, 11) is 0. The van der Waals surface area contributed by atoms with Gasteiger partial charge in [-0.15, -0.1) is 0 Å². The van der Waals surface area contributed by atoms with Gasteiger partial charge in [-0.3, -0.25) is 0 Å². The van der Waals surface area contributed by atoms with Crippen molar-refractivity contribution in [3.8, 4) is 0 Å². The Kier molecular flexibility index (Phi) is 6.90. The second-order valence-corrected chi connectivity index (χ2v) is 7.10. The molecule has 2 rings (SSSR count). The molecule has 0 aromatic heterocycles. The van der Waals surface area contributed by atoms with E-state index in [2.05, 4.69) is 32.1 Å². The average Bonchev–Trinajstić information content (AvgIpc) is 2.72. The Morgan fingerprint density at radius 2 is 1.90 bits per heavy atom. The van der Waals surface area contributed by atoms with Crippen LogP contribution in [0.1, 0.15) is 84.5 Å². The van der Waals surface area contributed by atoms with Gasteiger partial charge in [0.15, 0.2) is 0 Å². The summed E-state index contributed by atoms with van der Waals surface area (Å²) in [5.74, 6) is 2.70. The minimum absolute atomic E-state index is 0.890. The minimum atomic E-state index is 0.890. The lowest BCUT2D eigenvalue weighted by Gasteiger charge is -2.19. The van der Waals surface area contributed by atoms with E-state index in [1.165, 1.54) is 70.6 Å². The van der Waals surface area contributed by atoms with Gasteiger partial charge >= 0.3 is 0 Å². The third kappa shape index (κ3) is 4.50. The lowest BCUT2D eigenvalue weighted by atomic mass is 9.86. The zero-order valence-corrected chi connectivity index (χ0v) is 13.7. The van der Waals surface area contributed by atoms with Crippen molar-refractivity contribution in [1.29, 1.82) is 0 Å². The summed E-state index contributed by atoms with van der Waals surface area (Å²) < 4.78 is 0. The quantitative estimate of drug-likeness (QED) is 0.538. The molecule has 0 amide bonds. The monoisotopic (exact) mass is 274 g/mol. The van der Waals surface area contributed by atoms with Gasteiger partial charge in [-0.05, 0) is 49.9 Å². The molecule has 20 heavy (non-hydrogen) atoms. The van der Waals surface area contributed by atoms with E-state index >= 15 is 0 Å². The molecule has 2 aliphatic carbocycles. The van der Waals surface area contributed by atoms with Crippen molar-refractivity contribution in [3.05, 3.63) is 23.8 Å². The molecule has 0 radical (unpaired) electrons. The number of hydrogen-bond donors (Lipinski definition) is 0. The zero-order chi connectivity index (χ0) is 14.2. The van der Waals surface area contributed by atoms with Crippen LogP contribution < -0.4 is 0 Å². The van der Waals surface area contributed by atoms with Crippen LogP contribution in [0.5, 0.6) is 0 Å². The van der Waals surface area contributed by atoms with Gasteiger partial charge < -0.3 is 0 Å². The first-order valence-corrected chi connectivity index (χ1v) is 9.19. The molecule has 0 heterocycles. The Labute approximate surface area is 126 Å². The molecule has 0 spiro atoms. The van der Waals surface area contributed by atoms with E-state index in [-0.39, 0.29) is 0 Å². The molecule has 114 valence electrons. The van der Waals surface area contributed by atoms with E-state index in [1.54, 1.807) is 0 Å². The molecule has 3 atom stereocenters. The van der Waals surface area contributed by atoms with Crippen LogP contribution in [0.3, 0.4) is 0 Å². The number of fused-ring (bicyclic) bond motifs is 1. The highest BCUT2D eigenvalue weighted by Gasteiger charge is 2.34. The van der Waals surface area contributed by atoms with Gasteiger partial charge in [0.05, 0.1) is 0 Å². The Hall–Kier alpha value is -0.520. The molecular weight excluding hydrogens is 240 g/mol. The van der Waals surface area contributed by atoms with Crippen LogP contribution in [0.2, 0.25) is 0 Å². The van der Waals surface area contributed by atoms with E-state index in [1.807, 2.05) is 5.57 Å². The highest BCUT2D eigenvalue weighted by molar-refractivity contribution is 5.23. The minimum Gasteiger partial charge on any atom is -0.0845 e. The van der Waals surface area contributed by atoms with Crippen LogP contribution in [0.25, 0.3) is 0 Å². The van der Waals surface area contributed by atoms with E-state index in [0.29, 0.717) is 0 Å². The summed E-state index contributed by atoms with van der Waals surface area (Å²) in [6.45, 7) is 4.82. The van der Waals surface area contributed by atoms with Gasteiger partial charge in [0, 0.05) is 0 Å². The van der Waals surface area contributed by atoms with Crippen LogP contribution in [0.15, 0.2) is 23.8 Å². The number of unbranched alkanes of at least 4 members (excludes halogenated alkanes) is 1. The fourth-order valence-corrected chi connectivity index (χ4v) is 4.26. The third-order valence-electron chi connectivity index (χ3n) is 5.46. The number of hydrogen-bond acceptors (Lipinski definition) is 0. The Bertz CT molecular complexity index is 323. The van der Waals surface area contributed by atoms with Crippen LogP contribution in [0.4, 0.5) is 0 Å². The first-order valence-electron chi connectivity index (χ1n) is 9.19. The third-order valence-corrected chi connectivity index (χ3v) is 5.46. The lowest BCUT2D eigenvalue weighted by molar-refractivity contribution is 0.404. The van der Waals surface area contributed by atoms with Crippen LogP contribution in [-0.2, 0) is 0 Å². The summed E-state index contributed by atoms with van der Waals surface area (Å²) in [6.07, 6.45) is 22.8. The summed E-state index contributed by atoms with van der Waals surface area (Å²) in [5.41, 5.74) is 1.81. The molecule has 0 aromatic rings. The van der Waals surface area contributed by atoms with E-state index in [0.717, 1.165) is 17.8 Å². The van der Waals surface area contributed by atoms with E-state index in [9.17, 15) is 0 Å². The maximum atomic E-state index is 2.51. The predicted octanol–water partition coefficient (Wildman–Crippen LogP) is 6.68. The summed E-state index contributed by atoms with van der Waals surface area (Å²) in [4.78, 5) is 0. The van der Waals surface area contributed by atoms with Gasteiger partial charge in [-0.2, -0.15) is 0 Å². The fraction of sp³-hybridized carbons (Fsp3) is 0.800. The van der Waals surface area contributed by atoms with Gasteiger partial charge in [-0.1, -0.05) is 76.2 Å². The van der Waals surface area contributed by atoms with E-state index in [4.69, 9.17) is 0 Å².